The van der Waals surface area contributed by atoms with Crippen LogP contribution >= 0.6 is 11.8 Å². The first kappa shape index (κ1) is 21.9. The van der Waals surface area contributed by atoms with Gasteiger partial charge in [-0.15, -0.1) is 0 Å². The van der Waals surface area contributed by atoms with E-state index < -0.39 is 5.25 Å². The number of hydrogen-bond donors (Lipinski definition) is 2. The Morgan fingerprint density at radius 2 is 1.75 bits per heavy atom. The van der Waals surface area contributed by atoms with E-state index in [1.54, 1.807) is 29.2 Å². The summed E-state index contributed by atoms with van der Waals surface area (Å²) < 4.78 is 0. The third-order valence-electron chi connectivity index (χ3n) is 5.42. The van der Waals surface area contributed by atoms with E-state index in [-0.39, 0.29) is 24.1 Å². The second-order valence-electron chi connectivity index (χ2n) is 7.92. The van der Waals surface area contributed by atoms with E-state index in [2.05, 4.69) is 41.6 Å². The fourth-order valence-corrected chi connectivity index (χ4v) is 4.68. The van der Waals surface area contributed by atoms with Gasteiger partial charge in [-0.25, -0.2) is 4.99 Å². The lowest BCUT2D eigenvalue weighted by Crippen LogP contribution is -2.46. The number of aryl methyl sites for hydroxylation is 2. The van der Waals surface area contributed by atoms with Crippen LogP contribution in [0.1, 0.15) is 24.5 Å². The monoisotopic (exact) mass is 451 g/mol. The molecule has 2 aliphatic rings. The van der Waals surface area contributed by atoms with Gasteiger partial charge in [-0.1, -0.05) is 17.8 Å². The lowest BCUT2D eigenvalue weighted by atomic mass is 10.1. The lowest BCUT2D eigenvalue weighted by molar-refractivity contribution is -0.128. The highest BCUT2D eigenvalue weighted by atomic mass is 32.2. The Morgan fingerprint density at radius 1 is 1.06 bits per heavy atom. The molecule has 3 amide bonds. The Kier molecular flexibility index (Phi) is 6.18. The van der Waals surface area contributed by atoms with E-state index in [1.165, 1.54) is 29.8 Å². The molecule has 1 saturated heterocycles. The Morgan fingerprint density at radius 3 is 2.41 bits per heavy atom. The van der Waals surface area contributed by atoms with Crippen LogP contribution in [-0.2, 0) is 14.4 Å². The third-order valence-corrected chi connectivity index (χ3v) is 6.64. The van der Waals surface area contributed by atoms with Crippen molar-refractivity contribution < 1.29 is 14.4 Å². The van der Waals surface area contributed by atoms with Gasteiger partial charge in [-0.2, -0.15) is 0 Å². The van der Waals surface area contributed by atoms with E-state index in [0.717, 1.165) is 5.69 Å². The molecule has 0 radical (unpaired) electrons. The van der Waals surface area contributed by atoms with Gasteiger partial charge in [0, 0.05) is 30.4 Å². The molecular formula is C23H25N5O3S. The number of nitrogens with zero attached hydrogens (tertiary/aromatic N) is 3. The van der Waals surface area contributed by atoms with E-state index >= 15 is 0 Å². The van der Waals surface area contributed by atoms with Crippen molar-refractivity contribution in [2.45, 2.75) is 32.4 Å². The second kappa shape index (κ2) is 9.04. The molecule has 0 bridgehead atoms. The highest BCUT2D eigenvalue weighted by Gasteiger charge is 2.41. The van der Waals surface area contributed by atoms with Gasteiger partial charge >= 0.3 is 0 Å². The summed E-state index contributed by atoms with van der Waals surface area (Å²) in [6, 6.07) is 13.1. The summed E-state index contributed by atoms with van der Waals surface area (Å²) in [4.78, 5) is 44.9. The first-order valence-corrected chi connectivity index (χ1v) is 11.2. The summed E-state index contributed by atoms with van der Waals surface area (Å²) in [5, 5.41) is 5.67. The van der Waals surface area contributed by atoms with E-state index in [9.17, 15) is 14.4 Å². The fraction of sp³-hybridized carbons (Fsp3) is 0.304. The summed E-state index contributed by atoms with van der Waals surface area (Å²) in [6.07, 6.45) is 0.0656. The highest BCUT2D eigenvalue weighted by molar-refractivity contribution is 8.15. The van der Waals surface area contributed by atoms with Crippen molar-refractivity contribution in [3.63, 3.8) is 0 Å². The number of amides is 3. The zero-order valence-corrected chi connectivity index (χ0v) is 19.0. The predicted octanol–water partition coefficient (Wildman–Crippen LogP) is 3.33. The van der Waals surface area contributed by atoms with Crippen LogP contribution in [0.2, 0.25) is 0 Å². The van der Waals surface area contributed by atoms with E-state index in [4.69, 9.17) is 0 Å². The van der Waals surface area contributed by atoms with Crippen molar-refractivity contribution >= 4 is 51.7 Å². The van der Waals surface area contributed by atoms with Crippen LogP contribution in [0, 0.1) is 13.8 Å². The number of nitrogens with one attached hydrogen (secondary N) is 2. The Labute approximate surface area is 191 Å². The largest absolute Gasteiger partial charge is 0.334 e. The van der Waals surface area contributed by atoms with Crippen LogP contribution in [0.25, 0.3) is 0 Å². The molecule has 32 heavy (non-hydrogen) atoms. The van der Waals surface area contributed by atoms with Gasteiger partial charge in [0.25, 0.3) is 0 Å². The van der Waals surface area contributed by atoms with Crippen LogP contribution < -0.4 is 15.5 Å². The smallest absolute Gasteiger partial charge is 0.244 e. The first-order valence-electron chi connectivity index (χ1n) is 10.3. The number of amidine groups is 1. The van der Waals surface area contributed by atoms with Gasteiger partial charge in [0.2, 0.25) is 17.7 Å². The van der Waals surface area contributed by atoms with Crippen LogP contribution in [0.15, 0.2) is 47.5 Å². The summed E-state index contributed by atoms with van der Waals surface area (Å²) >= 11 is 1.35. The molecule has 2 aromatic carbocycles. The molecule has 0 aromatic heterocycles. The van der Waals surface area contributed by atoms with Crippen LogP contribution in [0.5, 0.6) is 0 Å². The number of carbonyl (C=O) groups excluding carboxylic acids is 3. The van der Waals surface area contributed by atoms with Gasteiger partial charge in [-0.3, -0.25) is 19.3 Å². The molecule has 0 spiro atoms. The average Bonchev–Trinajstić information content (AvgIpc) is 3.06. The molecule has 8 nitrogen and oxygen atoms in total. The maximum atomic E-state index is 13.0. The minimum Gasteiger partial charge on any atom is -0.334 e. The number of thioether (sulfide) groups is 1. The molecule has 1 fully saturated rings. The van der Waals surface area contributed by atoms with Gasteiger partial charge in [0.15, 0.2) is 5.17 Å². The highest BCUT2D eigenvalue weighted by Crippen LogP contribution is 2.33. The minimum absolute atomic E-state index is 0.0656. The standard InChI is InChI=1S/C23H25N5O3S/c1-14-4-9-19(10-15(14)2)27-12-24-23-28(13-27)22(31)20(32-23)11-21(30)26-18-7-5-17(6-8-18)25-16(3)29/h4-10,20H,11-13H2,1-3H3,(H,25,29)(H,26,30). The van der Waals surface area contributed by atoms with Crippen molar-refractivity contribution in [3.8, 4) is 0 Å². The van der Waals surface area contributed by atoms with Gasteiger partial charge in [0.05, 0.1) is 0 Å². The van der Waals surface area contributed by atoms with E-state index in [1.807, 2.05) is 11.0 Å². The summed E-state index contributed by atoms with van der Waals surface area (Å²) in [6.45, 7) is 6.48. The van der Waals surface area contributed by atoms with Gasteiger partial charge in [-0.05, 0) is 61.4 Å². The maximum Gasteiger partial charge on any atom is 0.244 e. The zero-order chi connectivity index (χ0) is 22.8. The Balaban J connectivity index is 1.36. The van der Waals surface area contributed by atoms with Crippen molar-refractivity contribution in [1.29, 1.82) is 0 Å². The van der Waals surface area contributed by atoms with E-state index in [0.29, 0.717) is 29.9 Å². The van der Waals surface area contributed by atoms with Crippen molar-refractivity contribution in [3.05, 3.63) is 53.6 Å². The third kappa shape index (κ3) is 4.77. The molecule has 2 aromatic rings. The zero-order valence-electron chi connectivity index (χ0n) is 18.2. The second-order valence-corrected chi connectivity index (χ2v) is 9.09. The number of rotatable bonds is 5. The Hall–Kier alpha value is -3.33. The van der Waals surface area contributed by atoms with Crippen LogP contribution in [-0.4, -0.2) is 46.4 Å². The summed E-state index contributed by atoms with van der Waals surface area (Å²) in [5.74, 6) is -0.498. The number of benzene rings is 2. The topological polar surface area (TPSA) is 94.1 Å². The Bertz CT molecular complexity index is 1100. The van der Waals surface area contributed by atoms with Gasteiger partial charge < -0.3 is 15.5 Å². The number of aliphatic imine (C=N–C) groups is 1. The SMILES string of the molecule is CC(=O)Nc1ccc(NC(=O)CC2SC3=NCN(c4ccc(C)c(C)c4)CN3C2=O)cc1. The van der Waals surface area contributed by atoms with Gasteiger partial charge in [0.1, 0.15) is 18.6 Å². The van der Waals surface area contributed by atoms with Crippen LogP contribution in [0.4, 0.5) is 17.1 Å². The molecule has 0 aliphatic carbocycles. The molecular weight excluding hydrogens is 426 g/mol. The number of carbonyl (C=O) groups is 3. The van der Waals surface area contributed by atoms with Crippen molar-refractivity contribution in [1.82, 2.24) is 4.90 Å². The minimum atomic E-state index is -0.493. The number of anilines is 3. The number of fused-ring (bicyclic) bond motifs is 1. The van der Waals surface area contributed by atoms with Crippen molar-refractivity contribution in [2.75, 3.05) is 28.9 Å². The molecule has 2 N–H and O–H groups in total. The normalized spacial score (nSPS) is 17.7. The molecule has 0 saturated carbocycles. The summed E-state index contributed by atoms with van der Waals surface area (Å²) in [7, 11) is 0. The molecule has 9 heteroatoms. The van der Waals surface area contributed by atoms with Crippen LogP contribution in [0.3, 0.4) is 0 Å². The maximum absolute atomic E-state index is 13.0. The first-order chi connectivity index (χ1) is 15.3. The molecule has 4 rings (SSSR count). The molecule has 166 valence electrons. The fourth-order valence-electron chi connectivity index (χ4n) is 3.56. The molecule has 1 unspecified atom stereocenters. The predicted molar refractivity (Wildman–Crippen MR) is 128 cm³/mol. The lowest BCUT2D eigenvalue weighted by Gasteiger charge is -2.32. The molecule has 1 atom stereocenters. The molecule has 2 heterocycles. The molecule has 2 aliphatic heterocycles. The quantitative estimate of drug-likeness (QED) is 0.727. The van der Waals surface area contributed by atoms with Crippen molar-refractivity contribution in [2.24, 2.45) is 4.99 Å². The average molecular weight is 452 g/mol. The summed E-state index contributed by atoms with van der Waals surface area (Å²) in [5.41, 5.74) is 4.70. The number of hydrogen-bond acceptors (Lipinski definition) is 6.